The normalized spacial score (nSPS) is 10.0. The molecule has 0 fully saturated rings. The van der Waals surface area contributed by atoms with Gasteiger partial charge in [-0.2, -0.15) is 15.1 Å². The van der Waals surface area contributed by atoms with E-state index in [9.17, 15) is 0 Å². The van der Waals surface area contributed by atoms with E-state index in [1.807, 2.05) is 0 Å². The molecule has 0 aliphatic rings. The Bertz CT molecular complexity index is 449. The topological polar surface area (TPSA) is 85.0 Å². The highest BCUT2D eigenvalue weighted by atomic mass is 16.5. The summed E-state index contributed by atoms with van der Waals surface area (Å²) >= 11 is 0. The lowest BCUT2D eigenvalue weighted by atomic mass is 10.4. The maximum absolute atomic E-state index is 5.04. The van der Waals surface area contributed by atoms with Gasteiger partial charge in [-0.15, -0.1) is 0 Å². The first-order chi connectivity index (χ1) is 8.31. The molecule has 0 atom stereocenters. The van der Waals surface area contributed by atoms with E-state index in [0.717, 1.165) is 5.56 Å². The summed E-state index contributed by atoms with van der Waals surface area (Å²) in [4.78, 5) is 8.29. The molecule has 7 nitrogen and oxygen atoms in total. The molecule has 7 heteroatoms. The van der Waals surface area contributed by atoms with Crippen LogP contribution >= 0.6 is 0 Å². The van der Waals surface area contributed by atoms with E-state index in [2.05, 4.69) is 25.5 Å². The predicted molar refractivity (Wildman–Crippen MR) is 61.1 cm³/mol. The number of methoxy groups -OCH3 is 2. The molecule has 2 rings (SSSR count). The van der Waals surface area contributed by atoms with Crippen LogP contribution in [0.5, 0.6) is 11.8 Å². The highest BCUT2D eigenvalue weighted by molar-refractivity contribution is 5.34. The van der Waals surface area contributed by atoms with Gasteiger partial charge >= 0.3 is 0 Å². The lowest BCUT2D eigenvalue weighted by Crippen LogP contribution is -2.05. The number of aromatic amines is 1. The Labute approximate surface area is 98.2 Å². The number of nitrogens with one attached hydrogen (secondary N) is 2. The molecule has 0 aliphatic heterocycles. The zero-order chi connectivity index (χ0) is 12.1. The van der Waals surface area contributed by atoms with Crippen LogP contribution in [0.15, 0.2) is 18.5 Å². The summed E-state index contributed by atoms with van der Waals surface area (Å²) in [6.07, 6.45) is 3.52. The van der Waals surface area contributed by atoms with Crippen molar-refractivity contribution in [3.8, 4) is 11.8 Å². The number of hydrogen-bond donors (Lipinski definition) is 2. The molecule has 0 aliphatic carbocycles. The van der Waals surface area contributed by atoms with Crippen molar-refractivity contribution in [2.75, 3.05) is 19.5 Å². The zero-order valence-corrected chi connectivity index (χ0v) is 9.60. The maximum Gasteiger partial charge on any atom is 0.229 e. The number of H-pyrrole nitrogens is 1. The molecule has 0 radical (unpaired) electrons. The molecule has 17 heavy (non-hydrogen) atoms. The van der Waals surface area contributed by atoms with E-state index in [1.54, 1.807) is 32.7 Å². The third kappa shape index (κ3) is 2.83. The van der Waals surface area contributed by atoms with Gasteiger partial charge in [0, 0.05) is 18.3 Å². The number of ether oxygens (including phenoxy) is 2. The zero-order valence-electron chi connectivity index (χ0n) is 9.60. The van der Waals surface area contributed by atoms with E-state index >= 15 is 0 Å². The summed E-state index contributed by atoms with van der Waals surface area (Å²) in [5.41, 5.74) is 1.01. The van der Waals surface area contributed by atoms with Crippen molar-refractivity contribution in [3.05, 3.63) is 24.0 Å². The van der Waals surface area contributed by atoms with Gasteiger partial charge in [-0.05, 0) is 0 Å². The van der Waals surface area contributed by atoms with E-state index in [1.165, 1.54) is 0 Å². The van der Waals surface area contributed by atoms with Crippen LogP contribution in [0, 0.1) is 0 Å². The van der Waals surface area contributed by atoms with Crippen molar-refractivity contribution in [1.29, 1.82) is 0 Å². The smallest absolute Gasteiger partial charge is 0.229 e. The monoisotopic (exact) mass is 235 g/mol. The molecule has 2 heterocycles. The lowest BCUT2D eigenvalue weighted by molar-refractivity contribution is 0.373. The quantitative estimate of drug-likeness (QED) is 0.798. The van der Waals surface area contributed by atoms with Gasteiger partial charge in [-0.25, -0.2) is 0 Å². The Morgan fingerprint density at radius 2 is 1.94 bits per heavy atom. The third-order valence-corrected chi connectivity index (χ3v) is 2.10. The van der Waals surface area contributed by atoms with Gasteiger partial charge in [0.2, 0.25) is 17.7 Å². The first-order valence-corrected chi connectivity index (χ1v) is 5.00. The highest BCUT2D eigenvalue weighted by Gasteiger charge is 2.05. The van der Waals surface area contributed by atoms with Crippen molar-refractivity contribution in [2.45, 2.75) is 6.54 Å². The second-order valence-corrected chi connectivity index (χ2v) is 3.24. The minimum absolute atomic E-state index is 0.447. The first-order valence-electron chi connectivity index (χ1n) is 5.00. The van der Waals surface area contributed by atoms with Crippen molar-refractivity contribution < 1.29 is 9.47 Å². The Kier molecular flexibility index (Phi) is 3.39. The molecule has 2 aromatic rings. The second-order valence-electron chi connectivity index (χ2n) is 3.24. The van der Waals surface area contributed by atoms with Crippen LogP contribution in [0.2, 0.25) is 0 Å². The average Bonchev–Trinajstić information content (AvgIpc) is 2.89. The average molecular weight is 235 g/mol. The molecule has 0 amide bonds. The molecule has 0 saturated heterocycles. The number of nitrogens with zero attached hydrogens (tertiary/aromatic N) is 3. The van der Waals surface area contributed by atoms with Gasteiger partial charge in [0.05, 0.1) is 26.5 Å². The summed E-state index contributed by atoms with van der Waals surface area (Å²) in [5.74, 6) is 1.35. The summed E-state index contributed by atoms with van der Waals surface area (Å²) in [6.45, 7) is 0.576. The summed E-state index contributed by atoms with van der Waals surface area (Å²) in [7, 11) is 3.09. The van der Waals surface area contributed by atoms with Gasteiger partial charge in [-0.1, -0.05) is 0 Å². The van der Waals surface area contributed by atoms with Gasteiger partial charge in [0.15, 0.2) is 0 Å². The van der Waals surface area contributed by atoms with Gasteiger partial charge in [0.1, 0.15) is 0 Å². The summed E-state index contributed by atoms with van der Waals surface area (Å²) < 4.78 is 10.1. The molecule has 2 N–H and O–H groups in total. The fraction of sp³-hybridized carbons (Fsp3) is 0.300. The highest BCUT2D eigenvalue weighted by Crippen LogP contribution is 2.17. The molecule has 2 aromatic heterocycles. The predicted octanol–water partition coefficient (Wildman–Crippen LogP) is 0.829. The summed E-state index contributed by atoms with van der Waals surface area (Å²) in [5, 5.41) is 9.63. The minimum Gasteiger partial charge on any atom is -0.481 e. The van der Waals surface area contributed by atoms with Crippen LogP contribution in [-0.4, -0.2) is 34.4 Å². The molecule has 90 valence electrons. The van der Waals surface area contributed by atoms with Crippen LogP contribution in [0.3, 0.4) is 0 Å². The third-order valence-electron chi connectivity index (χ3n) is 2.10. The van der Waals surface area contributed by atoms with Crippen LogP contribution in [0.25, 0.3) is 0 Å². The van der Waals surface area contributed by atoms with Gasteiger partial charge < -0.3 is 14.8 Å². The van der Waals surface area contributed by atoms with Crippen molar-refractivity contribution in [2.24, 2.45) is 0 Å². The number of rotatable bonds is 5. The standard InChI is InChI=1S/C10H13N5O2/c1-16-8-3-9(17-2)15-10(14-8)11-4-7-5-12-13-6-7/h3,5-6H,4H2,1-2H3,(H,12,13)(H,11,14,15). The molecule has 0 saturated carbocycles. The number of aromatic nitrogens is 4. The molecule has 0 aromatic carbocycles. The maximum atomic E-state index is 5.04. The van der Waals surface area contributed by atoms with Gasteiger partial charge in [0.25, 0.3) is 0 Å². The van der Waals surface area contributed by atoms with Gasteiger partial charge in [-0.3, -0.25) is 5.10 Å². The molecule has 0 spiro atoms. The fourth-order valence-corrected chi connectivity index (χ4v) is 1.25. The van der Waals surface area contributed by atoms with E-state index < -0.39 is 0 Å². The van der Waals surface area contributed by atoms with Crippen molar-refractivity contribution in [1.82, 2.24) is 20.2 Å². The van der Waals surface area contributed by atoms with Crippen LogP contribution in [-0.2, 0) is 6.54 Å². The fourth-order valence-electron chi connectivity index (χ4n) is 1.25. The first kappa shape index (κ1) is 11.2. The largest absolute Gasteiger partial charge is 0.481 e. The Hall–Kier alpha value is -2.31. The minimum atomic E-state index is 0.447. The van der Waals surface area contributed by atoms with E-state index in [4.69, 9.17) is 9.47 Å². The molecular formula is C10H13N5O2. The van der Waals surface area contributed by atoms with E-state index in [0.29, 0.717) is 24.3 Å². The summed E-state index contributed by atoms with van der Waals surface area (Å²) in [6, 6.07) is 1.61. The lowest BCUT2D eigenvalue weighted by Gasteiger charge is -2.07. The Morgan fingerprint density at radius 1 is 1.24 bits per heavy atom. The van der Waals surface area contributed by atoms with Crippen molar-refractivity contribution in [3.63, 3.8) is 0 Å². The molecular weight excluding hydrogens is 222 g/mol. The van der Waals surface area contributed by atoms with Crippen LogP contribution < -0.4 is 14.8 Å². The van der Waals surface area contributed by atoms with Crippen LogP contribution in [0.1, 0.15) is 5.56 Å². The number of anilines is 1. The second kappa shape index (κ2) is 5.15. The number of hydrogen-bond acceptors (Lipinski definition) is 6. The van der Waals surface area contributed by atoms with Crippen LogP contribution in [0.4, 0.5) is 5.95 Å². The SMILES string of the molecule is COc1cc(OC)nc(NCc2cn[nH]c2)n1. The molecule has 0 unspecified atom stereocenters. The Morgan fingerprint density at radius 3 is 2.47 bits per heavy atom. The Balaban J connectivity index is 2.09. The van der Waals surface area contributed by atoms with E-state index in [-0.39, 0.29) is 0 Å². The molecule has 0 bridgehead atoms. The van der Waals surface area contributed by atoms with Crippen molar-refractivity contribution >= 4 is 5.95 Å².